The number of nitrogen functional groups attached to an aromatic ring is 1. The highest BCUT2D eigenvalue weighted by molar-refractivity contribution is 5.85. The zero-order valence-electron chi connectivity index (χ0n) is 11.4. The average Bonchev–Trinajstić information content (AvgIpc) is 2.49. The summed E-state index contributed by atoms with van der Waals surface area (Å²) in [6.45, 7) is 2.07. The van der Waals surface area contributed by atoms with E-state index in [0.717, 1.165) is 11.4 Å². The van der Waals surface area contributed by atoms with Gasteiger partial charge in [0.25, 0.3) is 0 Å². The Morgan fingerprint density at radius 3 is 2.35 bits per heavy atom. The SMILES string of the molecule is CC(Oc1ccc(N)cc1)c1cccc2ccccc12. The predicted octanol–water partition coefficient (Wildman–Crippen LogP) is 4.56. The summed E-state index contributed by atoms with van der Waals surface area (Å²) >= 11 is 0. The van der Waals surface area contributed by atoms with E-state index in [0.29, 0.717) is 0 Å². The molecule has 1 unspecified atom stereocenters. The molecule has 2 nitrogen and oxygen atoms in total. The molecule has 0 saturated carbocycles. The fourth-order valence-corrected chi connectivity index (χ4v) is 2.42. The minimum absolute atomic E-state index is 0.00951. The summed E-state index contributed by atoms with van der Waals surface area (Å²) in [4.78, 5) is 0. The summed E-state index contributed by atoms with van der Waals surface area (Å²) in [5.41, 5.74) is 7.63. The first kappa shape index (κ1) is 12.5. The van der Waals surface area contributed by atoms with E-state index in [1.54, 1.807) is 0 Å². The van der Waals surface area contributed by atoms with Crippen molar-refractivity contribution in [1.82, 2.24) is 0 Å². The van der Waals surface area contributed by atoms with Crippen LogP contribution in [0, 0.1) is 0 Å². The number of nitrogens with two attached hydrogens (primary N) is 1. The molecule has 0 amide bonds. The first-order valence-electron chi connectivity index (χ1n) is 6.74. The third kappa shape index (κ3) is 2.45. The van der Waals surface area contributed by atoms with Gasteiger partial charge >= 0.3 is 0 Å². The quantitative estimate of drug-likeness (QED) is 0.703. The van der Waals surface area contributed by atoms with E-state index >= 15 is 0 Å². The van der Waals surface area contributed by atoms with Crippen LogP contribution in [0.2, 0.25) is 0 Å². The van der Waals surface area contributed by atoms with Gasteiger partial charge in [0, 0.05) is 5.69 Å². The van der Waals surface area contributed by atoms with Crippen molar-refractivity contribution in [2.45, 2.75) is 13.0 Å². The maximum atomic E-state index is 6.01. The fraction of sp³-hybridized carbons (Fsp3) is 0.111. The van der Waals surface area contributed by atoms with E-state index in [-0.39, 0.29) is 6.10 Å². The molecule has 0 bridgehead atoms. The van der Waals surface area contributed by atoms with Crippen molar-refractivity contribution in [3.8, 4) is 5.75 Å². The monoisotopic (exact) mass is 263 g/mol. The number of ether oxygens (including phenoxy) is 1. The molecule has 3 aromatic rings. The molecule has 0 aromatic heterocycles. The van der Waals surface area contributed by atoms with Gasteiger partial charge in [0.1, 0.15) is 11.9 Å². The summed E-state index contributed by atoms with van der Waals surface area (Å²) < 4.78 is 6.01. The highest BCUT2D eigenvalue weighted by Gasteiger charge is 2.10. The smallest absolute Gasteiger partial charge is 0.122 e. The van der Waals surface area contributed by atoms with Crippen molar-refractivity contribution < 1.29 is 4.74 Å². The number of hydrogen-bond donors (Lipinski definition) is 1. The van der Waals surface area contributed by atoms with Crippen molar-refractivity contribution in [1.29, 1.82) is 0 Å². The van der Waals surface area contributed by atoms with Crippen molar-refractivity contribution >= 4 is 16.5 Å². The first-order valence-corrected chi connectivity index (χ1v) is 6.74. The van der Waals surface area contributed by atoms with E-state index in [9.17, 15) is 0 Å². The average molecular weight is 263 g/mol. The molecular formula is C18H17NO. The Labute approximate surface area is 118 Å². The van der Waals surface area contributed by atoms with E-state index in [2.05, 4.69) is 49.4 Å². The van der Waals surface area contributed by atoms with Crippen LogP contribution >= 0.6 is 0 Å². The number of benzene rings is 3. The van der Waals surface area contributed by atoms with Crippen molar-refractivity contribution in [2.24, 2.45) is 0 Å². The van der Waals surface area contributed by atoms with Gasteiger partial charge in [0.15, 0.2) is 0 Å². The largest absolute Gasteiger partial charge is 0.486 e. The van der Waals surface area contributed by atoms with Crippen LogP contribution in [0.4, 0.5) is 5.69 Å². The fourth-order valence-electron chi connectivity index (χ4n) is 2.42. The molecular weight excluding hydrogens is 246 g/mol. The second-order valence-electron chi connectivity index (χ2n) is 4.90. The van der Waals surface area contributed by atoms with Crippen LogP contribution in [-0.4, -0.2) is 0 Å². The maximum absolute atomic E-state index is 6.01. The summed E-state index contributed by atoms with van der Waals surface area (Å²) in [7, 11) is 0. The van der Waals surface area contributed by atoms with Crippen LogP contribution in [0.1, 0.15) is 18.6 Å². The Hall–Kier alpha value is -2.48. The van der Waals surface area contributed by atoms with Crippen LogP contribution in [0.15, 0.2) is 66.7 Å². The Morgan fingerprint density at radius 2 is 1.55 bits per heavy atom. The number of hydrogen-bond acceptors (Lipinski definition) is 2. The second-order valence-corrected chi connectivity index (χ2v) is 4.90. The molecule has 2 heteroatoms. The van der Waals surface area contributed by atoms with Crippen molar-refractivity contribution in [3.05, 3.63) is 72.3 Å². The van der Waals surface area contributed by atoms with E-state index in [1.807, 2.05) is 24.3 Å². The van der Waals surface area contributed by atoms with Gasteiger partial charge in [0.2, 0.25) is 0 Å². The van der Waals surface area contributed by atoms with Gasteiger partial charge in [-0.1, -0.05) is 42.5 Å². The molecule has 0 heterocycles. The molecule has 3 aromatic carbocycles. The summed E-state index contributed by atoms with van der Waals surface area (Å²) in [5, 5.41) is 2.47. The minimum atomic E-state index is -0.00951. The van der Waals surface area contributed by atoms with Gasteiger partial charge in [-0.3, -0.25) is 0 Å². The molecule has 2 N–H and O–H groups in total. The highest BCUT2D eigenvalue weighted by atomic mass is 16.5. The summed E-state index contributed by atoms with van der Waals surface area (Å²) in [6, 6.07) is 22.2. The summed E-state index contributed by atoms with van der Waals surface area (Å²) in [5.74, 6) is 0.833. The topological polar surface area (TPSA) is 35.2 Å². The molecule has 20 heavy (non-hydrogen) atoms. The Bertz CT molecular complexity index is 714. The zero-order valence-corrected chi connectivity index (χ0v) is 11.4. The molecule has 0 aliphatic heterocycles. The minimum Gasteiger partial charge on any atom is -0.486 e. The Kier molecular flexibility index (Phi) is 3.30. The van der Waals surface area contributed by atoms with Gasteiger partial charge in [-0.05, 0) is 47.5 Å². The number of fused-ring (bicyclic) bond motifs is 1. The van der Waals surface area contributed by atoms with Crippen molar-refractivity contribution in [2.75, 3.05) is 5.73 Å². The first-order chi connectivity index (χ1) is 9.74. The number of anilines is 1. The molecule has 0 aliphatic rings. The third-order valence-corrected chi connectivity index (χ3v) is 3.45. The van der Waals surface area contributed by atoms with Crippen LogP contribution in [0.25, 0.3) is 10.8 Å². The van der Waals surface area contributed by atoms with Gasteiger partial charge < -0.3 is 10.5 Å². The van der Waals surface area contributed by atoms with Gasteiger partial charge in [0.05, 0.1) is 0 Å². The lowest BCUT2D eigenvalue weighted by molar-refractivity contribution is 0.228. The normalized spacial score (nSPS) is 12.2. The summed E-state index contributed by atoms with van der Waals surface area (Å²) in [6.07, 6.45) is -0.00951. The van der Waals surface area contributed by atoms with E-state index in [4.69, 9.17) is 10.5 Å². The lowest BCUT2D eigenvalue weighted by atomic mass is 10.0. The highest BCUT2D eigenvalue weighted by Crippen LogP contribution is 2.28. The van der Waals surface area contributed by atoms with Gasteiger partial charge in [-0.25, -0.2) is 0 Å². The van der Waals surface area contributed by atoms with Gasteiger partial charge in [-0.2, -0.15) is 0 Å². The predicted molar refractivity (Wildman–Crippen MR) is 83.8 cm³/mol. The molecule has 3 rings (SSSR count). The lowest BCUT2D eigenvalue weighted by Gasteiger charge is -2.17. The third-order valence-electron chi connectivity index (χ3n) is 3.45. The molecule has 100 valence electrons. The van der Waals surface area contributed by atoms with Crippen LogP contribution in [0.5, 0.6) is 5.75 Å². The Morgan fingerprint density at radius 1 is 0.850 bits per heavy atom. The van der Waals surface area contributed by atoms with Gasteiger partial charge in [-0.15, -0.1) is 0 Å². The number of rotatable bonds is 3. The van der Waals surface area contributed by atoms with E-state index < -0.39 is 0 Å². The molecule has 0 radical (unpaired) electrons. The molecule has 1 atom stereocenters. The van der Waals surface area contributed by atoms with Crippen molar-refractivity contribution in [3.63, 3.8) is 0 Å². The van der Waals surface area contributed by atoms with Crippen LogP contribution < -0.4 is 10.5 Å². The zero-order chi connectivity index (χ0) is 13.9. The van der Waals surface area contributed by atoms with Crippen LogP contribution in [0.3, 0.4) is 0 Å². The van der Waals surface area contributed by atoms with Crippen LogP contribution in [-0.2, 0) is 0 Å². The standard InChI is InChI=1S/C18H17NO/c1-13(20-16-11-9-15(19)10-12-16)17-8-4-6-14-5-2-3-7-18(14)17/h2-13H,19H2,1H3. The molecule has 0 spiro atoms. The molecule has 0 saturated heterocycles. The lowest BCUT2D eigenvalue weighted by Crippen LogP contribution is -2.03. The molecule has 0 fully saturated rings. The maximum Gasteiger partial charge on any atom is 0.122 e. The Balaban J connectivity index is 1.92. The van der Waals surface area contributed by atoms with E-state index in [1.165, 1.54) is 16.3 Å². The second kappa shape index (κ2) is 5.25. The molecule has 0 aliphatic carbocycles.